The smallest absolute Gasteiger partial charge is 0.123 e. The van der Waals surface area contributed by atoms with Gasteiger partial charge in [0, 0.05) is 17.4 Å². The minimum Gasteiger partial charge on any atom is -0.490 e. The van der Waals surface area contributed by atoms with Crippen LogP contribution in [0.4, 0.5) is 0 Å². The molecule has 2 atom stereocenters. The molecule has 0 N–H and O–H groups in total. The maximum atomic E-state index is 7.04. The van der Waals surface area contributed by atoms with E-state index in [0.29, 0.717) is 12.2 Å². The van der Waals surface area contributed by atoms with Gasteiger partial charge in [-0.3, -0.25) is 0 Å². The zero-order chi connectivity index (χ0) is 38.2. The predicted molar refractivity (Wildman–Crippen MR) is 235 cm³/mol. The molecule has 3 saturated carbocycles. The molecule has 0 amide bonds. The third-order valence-electron chi connectivity index (χ3n) is 12.9. The summed E-state index contributed by atoms with van der Waals surface area (Å²) in [6.45, 7) is 0. The minimum atomic E-state index is 0.0601. The number of hydrogen-bond donors (Lipinski definition) is 0. The summed E-state index contributed by atoms with van der Waals surface area (Å²) in [7, 11) is 0. The van der Waals surface area contributed by atoms with Gasteiger partial charge in [0.1, 0.15) is 17.2 Å². The molecule has 0 aliphatic heterocycles. The van der Waals surface area contributed by atoms with Gasteiger partial charge in [0.15, 0.2) is 0 Å². The van der Waals surface area contributed by atoms with Gasteiger partial charge in [0.2, 0.25) is 0 Å². The normalized spacial score (nSPS) is 19.9. The lowest BCUT2D eigenvalue weighted by Gasteiger charge is -2.29. The monoisotopic (exact) mass is 754 g/mol. The van der Waals surface area contributed by atoms with Crippen LogP contribution in [0, 0.1) is 5.92 Å². The molecule has 4 aliphatic rings. The first-order valence-corrected chi connectivity index (χ1v) is 22.1. The predicted octanol–water partition coefficient (Wildman–Crippen LogP) is 14.6. The van der Waals surface area contributed by atoms with Crippen LogP contribution < -0.4 is 14.2 Å². The summed E-state index contributed by atoms with van der Waals surface area (Å²) >= 11 is 0. The van der Waals surface area contributed by atoms with Crippen LogP contribution in [-0.2, 0) is 0 Å². The van der Waals surface area contributed by atoms with E-state index in [2.05, 4.69) is 140 Å². The van der Waals surface area contributed by atoms with Gasteiger partial charge in [-0.15, -0.1) is 0 Å². The van der Waals surface area contributed by atoms with Gasteiger partial charge in [-0.05, 0) is 152 Å². The molecule has 5 aromatic carbocycles. The van der Waals surface area contributed by atoms with Gasteiger partial charge in [-0.2, -0.15) is 0 Å². The number of allylic oxidation sites excluding steroid dienone is 4. The van der Waals surface area contributed by atoms with E-state index in [1.807, 2.05) is 0 Å². The Kier molecular flexibility index (Phi) is 11.9. The summed E-state index contributed by atoms with van der Waals surface area (Å²) < 4.78 is 19.9. The molecule has 3 fully saturated rings. The van der Waals surface area contributed by atoms with Crippen molar-refractivity contribution in [3.8, 4) is 39.5 Å². The van der Waals surface area contributed by atoms with Crippen LogP contribution in [0.1, 0.15) is 119 Å². The largest absolute Gasteiger partial charge is 0.490 e. The molecule has 3 nitrogen and oxygen atoms in total. The van der Waals surface area contributed by atoms with E-state index in [1.165, 1.54) is 115 Å². The molecule has 292 valence electrons. The van der Waals surface area contributed by atoms with Crippen molar-refractivity contribution in [3.05, 3.63) is 156 Å². The van der Waals surface area contributed by atoms with Crippen LogP contribution in [0.3, 0.4) is 0 Å². The molecule has 2 unspecified atom stereocenters. The first kappa shape index (κ1) is 37.6. The molecule has 0 saturated heterocycles. The van der Waals surface area contributed by atoms with Crippen LogP contribution in [0.15, 0.2) is 140 Å². The van der Waals surface area contributed by atoms with Gasteiger partial charge >= 0.3 is 0 Å². The van der Waals surface area contributed by atoms with Gasteiger partial charge in [0.25, 0.3) is 0 Å². The van der Waals surface area contributed by atoms with Crippen molar-refractivity contribution in [1.82, 2.24) is 0 Å². The lowest BCUT2D eigenvalue weighted by molar-refractivity contribution is 0.153. The van der Waals surface area contributed by atoms with Gasteiger partial charge in [-0.1, -0.05) is 122 Å². The average molecular weight is 755 g/mol. The van der Waals surface area contributed by atoms with Gasteiger partial charge in [0.05, 0.1) is 18.3 Å². The van der Waals surface area contributed by atoms with E-state index in [4.69, 9.17) is 14.2 Å². The van der Waals surface area contributed by atoms with Crippen molar-refractivity contribution >= 4 is 5.57 Å². The molecule has 0 radical (unpaired) electrons. The molecular weight excluding hydrogens is 697 g/mol. The second-order valence-electron chi connectivity index (χ2n) is 17.0. The summed E-state index contributed by atoms with van der Waals surface area (Å²) in [6, 6.07) is 44.5. The van der Waals surface area contributed by atoms with Crippen LogP contribution >= 0.6 is 0 Å². The maximum absolute atomic E-state index is 7.04. The fraction of sp³-hybridized carbons (Fsp3) is 0.370. The summed E-state index contributed by atoms with van der Waals surface area (Å²) in [6.07, 6.45) is 26.6. The summed E-state index contributed by atoms with van der Waals surface area (Å²) in [5.74, 6) is 3.18. The highest BCUT2D eigenvalue weighted by Gasteiger charge is 2.30. The van der Waals surface area contributed by atoms with Crippen molar-refractivity contribution in [2.24, 2.45) is 5.92 Å². The van der Waals surface area contributed by atoms with Gasteiger partial charge in [-0.25, -0.2) is 0 Å². The van der Waals surface area contributed by atoms with Crippen LogP contribution in [0.2, 0.25) is 0 Å². The standard InChI is InChI=1S/C54H58O3/c1-5-13-39(14-6-1)40-21-23-43(24-22-40)54(46-26-25-44(37-46)41-27-32-50(33-28-41)55-47-15-7-2-8-16-47)52-38-45(31-36-53(52)57-49-19-11-4-12-20-49)42-29-34-51(35-30-42)56-48-17-9-3-10-18-48/h1,5-6,13-14,21-38,46-49,54H,2-4,7-12,15-20H2. The Balaban J connectivity index is 1.06. The molecule has 4 aliphatic carbocycles. The summed E-state index contributed by atoms with van der Waals surface area (Å²) in [4.78, 5) is 0. The lowest BCUT2D eigenvalue weighted by atomic mass is 9.79. The van der Waals surface area contributed by atoms with Crippen molar-refractivity contribution in [2.45, 2.75) is 121 Å². The summed E-state index contributed by atoms with van der Waals surface area (Å²) in [5, 5.41) is 0. The third kappa shape index (κ3) is 9.25. The highest BCUT2D eigenvalue weighted by Crippen LogP contribution is 2.45. The molecule has 0 bridgehead atoms. The van der Waals surface area contributed by atoms with E-state index in [1.54, 1.807) is 0 Å². The average Bonchev–Trinajstić information content (AvgIpc) is 3.76. The van der Waals surface area contributed by atoms with E-state index in [0.717, 1.165) is 42.9 Å². The second-order valence-corrected chi connectivity index (χ2v) is 17.0. The van der Waals surface area contributed by atoms with Crippen LogP contribution in [0.5, 0.6) is 17.2 Å². The first-order valence-electron chi connectivity index (χ1n) is 22.1. The number of rotatable bonds is 12. The molecule has 57 heavy (non-hydrogen) atoms. The zero-order valence-electron chi connectivity index (χ0n) is 33.5. The molecule has 5 aromatic rings. The molecular formula is C54H58O3. The minimum absolute atomic E-state index is 0.0601. The van der Waals surface area contributed by atoms with Crippen molar-refractivity contribution in [2.75, 3.05) is 0 Å². The van der Waals surface area contributed by atoms with Gasteiger partial charge < -0.3 is 14.2 Å². The molecule has 0 heterocycles. The van der Waals surface area contributed by atoms with Crippen LogP contribution in [0.25, 0.3) is 27.8 Å². The Morgan fingerprint density at radius 1 is 0.421 bits per heavy atom. The molecule has 0 spiro atoms. The SMILES string of the molecule is C1=CC(C(c2ccc(-c3ccccc3)cc2)c2cc(-c3ccc(OC4CCCCC4)cc3)ccc2OC2CCCCC2)C=C1c1ccc(OC2CCCCC2)cc1. The zero-order valence-corrected chi connectivity index (χ0v) is 33.5. The number of ether oxygens (including phenoxy) is 3. The Labute approximate surface area is 340 Å². The first-order chi connectivity index (χ1) is 28.2. The number of hydrogen-bond acceptors (Lipinski definition) is 3. The maximum Gasteiger partial charge on any atom is 0.123 e. The summed E-state index contributed by atoms with van der Waals surface area (Å²) in [5.41, 5.74) is 9.89. The highest BCUT2D eigenvalue weighted by atomic mass is 16.5. The Morgan fingerprint density at radius 2 is 0.895 bits per heavy atom. The Morgan fingerprint density at radius 3 is 1.47 bits per heavy atom. The molecule has 3 heteroatoms. The van der Waals surface area contributed by atoms with E-state index in [-0.39, 0.29) is 17.9 Å². The van der Waals surface area contributed by atoms with Crippen molar-refractivity contribution in [3.63, 3.8) is 0 Å². The van der Waals surface area contributed by atoms with E-state index in [9.17, 15) is 0 Å². The van der Waals surface area contributed by atoms with E-state index >= 15 is 0 Å². The molecule has 0 aromatic heterocycles. The lowest BCUT2D eigenvalue weighted by Crippen LogP contribution is -2.21. The van der Waals surface area contributed by atoms with Crippen molar-refractivity contribution < 1.29 is 14.2 Å². The Bertz CT molecular complexity index is 2090. The quantitative estimate of drug-likeness (QED) is 0.127. The van der Waals surface area contributed by atoms with Crippen molar-refractivity contribution in [1.29, 1.82) is 0 Å². The number of benzene rings is 5. The molecule has 9 rings (SSSR count). The fourth-order valence-electron chi connectivity index (χ4n) is 9.70. The Hall–Kier alpha value is -5.02. The van der Waals surface area contributed by atoms with Crippen LogP contribution in [-0.4, -0.2) is 18.3 Å². The topological polar surface area (TPSA) is 27.7 Å². The second kappa shape index (κ2) is 18.1. The highest BCUT2D eigenvalue weighted by molar-refractivity contribution is 5.78. The fourth-order valence-corrected chi connectivity index (χ4v) is 9.70. The third-order valence-corrected chi connectivity index (χ3v) is 12.9. The van der Waals surface area contributed by atoms with E-state index < -0.39 is 0 Å².